The van der Waals surface area contributed by atoms with Gasteiger partial charge < -0.3 is 15.5 Å². The fraction of sp³-hybridized carbons (Fsp3) is 0.973. The molecule has 0 unspecified atom stereocenters. The molecule has 1 atom stereocenters. The van der Waals surface area contributed by atoms with E-state index in [0.717, 1.165) is 13.0 Å². The number of carbonyl (C=O) groups excluding carboxylic acids is 1. The van der Waals surface area contributed by atoms with Crippen molar-refractivity contribution < 1.29 is 15.0 Å². The maximum Gasteiger partial charge on any atom is 0.219 e. The lowest BCUT2D eigenvalue weighted by Crippen LogP contribution is -2.24. The van der Waals surface area contributed by atoms with Crippen LogP contribution in [-0.2, 0) is 4.79 Å². The number of hydrogen-bond donors (Lipinski definition) is 3. The number of aliphatic hydroxyl groups excluding tert-OH is 2. The van der Waals surface area contributed by atoms with Crippen molar-refractivity contribution >= 4 is 5.91 Å². The molecule has 0 aliphatic carbocycles. The average Bonchev–Trinajstić information content (AvgIpc) is 2.98. The lowest BCUT2D eigenvalue weighted by molar-refractivity contribution is -0.121. The molecule has 0 rings (SSSR count). The Labute approximate surface area is 257 Å². The molecule has 0 saturated carbocycles. The monoisotopic (exact) mass is 582 g/mol. The molecule has 0 saturated heterocycles. The van der Waals surface area contributed by atoms with E-state index >= 15 is 0 Å². The molecule has 246 valence electrons. The summed E-state index contributed by atoms with van der Waals surface area (Å²) in [4.78, 5) is 11.7. The predicted molar refractivity (Wildman–Crippen MR) is 180 cm³/mol. The van der Waals surface area contributed by atoms with Gasteiger partial charge in [-0.05, 0) is 19.3 Å². The zero-order valence-electron chi connectivity index (χ0n) is 27.9. The number of aliphatic hydroxyl groups is 2. The summed E-state index contributed by atoms with van der Waals surface area (Å²) in [6.45, 7) is 2.84. The Balaban J connectivity index is 3.10. The number of carbonyl (C=O) groups is 1. The van der Waals surface area contributed by atoms with Crippen LogP contribution in [0, 0.1) is 0 Å². The maximum absolute atomic E-state index is 11.7. The predicted octanol–water partition coefficient (Wildman–Crippen LogP) is 11.0. The SMILES string of the molecule is CCCCCCCCCCCCCCCCCCCCCCCCCCCCCCCNC(=O)CCC[C@H](O)CO. The van der Waals surface area contributed by atoms with Gasteiger partial charge in [-0.25, -0.2) is 0 Å². The Hall–Kier alpha value is -0.610. The Morgan fingerprint density at radius 1 is 0.488 bits per heavy atom. The first-order valence-corrected chi connectivity index (χ1v) is 18.8. The minimum Gasteiger partial charge on any atom is -0.394 e. The highest BCUT2D eigenvalue weighted by atomic mass is 16.3. The first-order chi connectivity index (χ1) is 20.2. The van der Waals surface area contributed by atoms with E-state index in [-0.39, 0.29) is 12.5 Å². The molecule has 4 heteroatoms. The third kappa shape index (κ3) is 35.5. The molecule has 1 amide bonds. The number of rotatable bonds is 35. The fourth-order valence-electron chi connectivity index (χ4n) is 5.88. The van der Waals surface area contributed by atoms with Crippen molar-refractivity contribution in [2.75, 3.05) is 13.2 Å². The van der Waals surface area contributed by atoms with Gasteiger partial charge in [-0.1, -0.05) is 187 Å². The lowest BCUT2D eigenvalue weighted by Gasteiger charge is -2.07. The maximum atomic E-state index is 11.7. The van der Waals surface area contributed by atoms with Gasteiger partial charge in [-0.2, -0.15) is 0 Å². The van der Waals surface area contributed by atoms with E-state index in [1.54, 1.807) is 0 Å². The summed E-state index contributed by atoms with van der Waals surface area (Å²) in [6.07, 6.45) is 41.9. The summed E-state index contributed by atoms with van der Waals surface area (Å²) in [5.41, 5.74) is 0. The van der Waals surface area contributed by atoms with Crippen molar-refractivity contribution in [2.45, 2.75) is 218 Å². The second-order valence-electron chi connectivity index (χ2n) is 13.0. The Morgan fingerprint density at radius 2 is 0.780 bits per heavy atom. The van der Waals surface area contributed by atoms with Gasteiger partial charge in [-0.3, -0.25) is 4.79 Å². The van der Waals surface area contributed by atoms with Crippen LogP contribution in [0.4, 0.5) is 0 Å². The second-order valence-corrected chi connectivity index (χ2v) is 13.0. The standard InChI is InChI=1S/C37H75NO3/c1-2-3-4-5-6-7-8-9-10-11-12-13-14-15-16-17-18-19-20-21-22-23-24-25-26-27-28-29-30-34-38-37(41)33-31-32-36(40)35-39/h36,39-40H,2-35H2,1H3,(H,38,41)/t36-/m0/s1. The van der Waals surface area contributed by atoms with Crippen LogP contribution >= 0.6 is 0 Å². The van der Waals surface area contributed by atoms with Gasteiger partial charge in [0.2, 0.25) is 5.91 Å². The normalized spacial score (nSPS) is 12.2. The molecule has 0 aliphatic heterocycles. The largest absolute Gasteiger partial charge is 0.394 e. The first kappa shape index (κ1) is 40.4. The van der Waals surface area contributed by atoms with Crippen molar-refractivity contribution in [1.82, 2.24) is 5.32 Å². The number of hydrogen-bond acceptors (Lipinski definition) is 3. The Morgan fingerprint density at radius 3 is 1.07 bits per heavy atom. The molecule has 0 aromatic rings. The highest BCUT2D eigenvalue weighted by Crippen LogP contribution is 2.16. The first-order valence-electron chi connectivity index (χ1n) is 18.8. The van der Waals surface area contributed by atoms with Crippen LogP contribution in [-0.4, -0.2) is 35.4 Å². The fourth-order valence-corrected chi connectivity index (χ4v) is 5.88. The van der Waals surface area contributed by atoms with E-state index in [9.17, 15) is 9.90 Å². The van der Waals surface area contributed by atoms with Crippen LogP contribution in [0.25, 0.3) is 0 Å². The molecule has 0 fully saturated rings. The summed E-state index contributed by atoms with van der Waals surface area (Å²) in [5, 5.41) is 21.0. The quantitative estimate of drug-likeness (QED) is 0.0652. The van der Waals surface area contributed by atoms with E-state index in [1.165, 1.54) is 180 Å². The molecule has 0 heterocycles. The van der Waals surface area contributed by atoms with Crippen LogP contribution in [0.15, 0.2) is 0 Å². The van der Waals surface area contributed by atoms with E-state index in [4.69, 9.17) is 5.11 Å². The lowest BCUT2D eigenvalue weighted by atomic mass is 10.0. The third-order valence-corrected chi connectivity index (χ3v) is 8.75. The van der Waals surface area contributed by atoms with Crippen molar-refractivity contribution in [2.24, 2.45) is 0 Å². The molecular formula is C37H75NO3. The van der Waals surface area contributed by atoms with Gasteiger partial charge in [0.15, 0.2) is 0 Å². The van der Waals surface area contributed by atoms with Gasteiger partial charge in [0.1, 0.15) is 0 Å². The van der Waals surface area contributed by atoms with Crippen molar-refractivity contribution in [3.05, 3.63) is 0 Å². The minimum absolute atomic E-state index is 0.0651. The number of nitrogens with one attached hydrogen (secondary N) is 1. The summed E-state index contributed by atoms with van der Waals surface area (Å²) in [5.74, 6) is 0.0651. The zero-order valence-corrected chi connectivity index (χ0v) is 27.9. The molecule has 0 spiro atoms. The Bertz CT molecular complexity index is 499. The summed E-state index contributed by atoms with van der Waals surface area (Å²) in [6, 6.07) is 0. The molecule has 0 radical (unpaired) electrons. The van der Waals surface area contributed by atoms with Crippen molar-refractivity contribution in [3.8, 4) is 0 Å². The highest BCUT2D eigenvalue weighted by Gasteiger charge is 2.05. The topological polar surface area (TPSA) is 69.6 Å². The molecule has 0 aliphatic rings. The van der Waals surface area contributed by atoms with Gasteiger partial charge >= 0.3 is 0 Å². The van der Waals surface area contributed by atoms with Crippen LogP contribution < -0.4 is 5.32 Å². The zero-order chi connectivity index (χ0) is 29.9. The van der Waals surface area contributed by atoms with Gasteiger partial charge in [0.05, 0.1) is 12.7 Å². The molecule has 0 aromatic carbocycles. The molecule has 0 aromatic heterocycles. The second kappa shape index (κ2) is 35.6. The molecular weight excluding hydrogens is 506 g/mol. The van der Waals surface area contributed by atoms with Crippen LogP contribution in [0.5, 0.6) is 0 Å². The summed E-state index contributed by atoms with van der Waals surface area (Å²) >= 11 is 0. The van der Waals surface area contributed by atoms with Crippen LogP contribution in [0.3, 0.4) is 0 Å². The number of amides is 1. The molecule has 0 bridgehead atoms. The highest BCUT2D eigenvalue weighted by molar-refractivity contribution is 5.75. The average molecular weight is 582 g/mol. The van der Waals surface area contributed by atoms with E-state index in [0.29, 0.717) is 19.3 Å². The van der Waals surface area contributed by atoms with Crippen molar-refractivity contribution in [3.63, 3.8) is 0 Å². The third-order valence-electron chi connectivity index (χ3n) is 8.75. The van der Waals surface area contributed by atoms with E-state index in [2.05, 4.69) is 12.2 Å². The van der Waals surface area contributed by atoms with Crippen LogP contribution in [0.2, 0.25) is 0 Å². The van der Waals surface area contributed by atoms with Gasteiger partial charge in [0.25, 0.3) is 0 Å². The minimum atomic E-state index is -0.689. The Kier molecular flexibility index (Phi) is 35.1. The molecule has 41 heavy (non-hydrogen) atoms. The van der Waals surface area contributed by atoms with Gasteiger partial charge in [0, 0.05) is 13.0 Å². The molecule has 4 nitrogen and oxygen atoms in total. The van der Waals surface area contributed by atoms with E-state index in [1.807, 2.05) is 0 Å². The van der Waals surface area contributed by atoms with E-state index < -0.39 is 6.10 Å². The van der Waals surface area contributed by atoms with Crippen molar-refractivity contribution in [1.29, 1.82) is 0 Å². The summed E-state index contributed by atoms with van der Waals surface area (Å²) in [7, 11) is 0. The smallest absolute Gasteiger partial charge is 0.219 e. The van der Waals surface area contributed by atoms with Gasteiger partial charge in [-0.15, -0.1) is 0 Å². The molecule has 3 N–H and O–H groups in total. The number of unbranched alkanes of at least 4 members (excludes halogenated alkanes) is 28. The van der Waals surface area contributed by atoms with Crippen LogP contribution in [0.1, 0.15) is 212 Å². The summed E-state index contributed by atoms with van der Waals surface area (Å²) < 4.78 is 0.